The van der Waals surface area contributed by atoms with Gasteiger partial charge in [0.1, 0.15) is 11.0 Å². The van der Waals surface area contributed by atoms with Crippen LogP contribution in [0.1, 0.15) is 11.3 Å². The van der Waals surface area contributed by atoms with Gasteiger partial charge in [-0.15, -0.1) is 0 Å². The molecule has 1 amide bonds. The quantitative estimate of drug-likeness (QED) is 0.774. The minimum atomic E-state index is -0.189. The third-order valence-corrected chi connectivity index (χ3v) is 2.73. The SMILES string of the molecule is Cc1ccnc(NC(=O)Cc2ccc3nonc3c2)n1. The Hall–Kier alpha value is -2.83. The Morgan fingerprint density at radius 3 is 2.95 bits per heavy atom. The van der Waals surface area contributed by atoms with Gasteiger partial charge in [-0.25, -0.2) is 14.6 Å². The summed E-state index contributed by atoms with van der Waals surface area (Å²) in [5, 5.41) is 10.1. The van der Waals surface area contributed by atoms with Gasteiger partial charge in [0.2, 0.25) is 11.9 Å². The Balaban J connectivity index is 1.72. The average Bonchev–Trinajstić information content (AvgIpc) is 2.86. The summed E-state index contributed by atoms with van der Waals surface area (Å²) in [4.78, 5) is 20.0. The number of amides is 1. The van der Waals surface area contributed by atoms with E-state index in [1.807, 2.05) is 13.0 Å². The number of carbonyl (C=O) groups is 1. The summed E-state index contributed by atoms with van der Waals surface area (Å²) >= 11 is 0. The summed E-state index contributed by atoms with van der Waals surface area (Å²) in [5.74, 6) is 0.116. The maximum atomic E-state index is 11.9. The summed E-state index contributed by atoms with van der Waals surface area (Å²) in [7, 11) is 0. The van der Waals surface area contributed by atoms with Crippen LogP contribution in [0.2, 0.25) is 0 Å². The fourth-order valence-corrected chi connectivity index (χ4v) is 1.80. The zero-order chi connectivity index (χ0) is 13.9. The van der Waals surface area contributed by atoms with Crippen molar-refractivity contribution in [3.05, 3.63) is 41.7 Å². The molecule has 7 nitrogen and oxygen atoms in total. The molecule has 0 spiro atoms. The highest BCUT2D eigenvalue weighted by Gasteiger charge is 2.08. The lowest BCUT2D eigenvalue weighted by atomic mass is 10.1. The predicted molar refractivity (Wildman–Crippen MR) is 70.9 cm³/mol. The molecule has 0 aliphatic heterocycles. The van der Waals surface area contributed by atoms with Crippen LogP contribution in [0.5, 0.6) is 0 Å². The van der Waals surface area contributed by atoms with E-state index in [9.17, 15) is 4.79 Å². The minimum Gasteiger partial charge on any atom is -0.294 e. The Bertz CT molecular complexity index is 768. The number of nitrogens with zero attached hydrogens (tertiary/aromatic N) is 4. The smallest absolute Gasteiger partial charge is 0.231 e. The first-order chi connectivity index (χ1) is 9.70. The molecule has 2 heterocycles. The van der Waals surface area contributed by atoms with Gasteiger partial charge in [0.15, 0.2) is 0 Å². The molecule has 0 radical (unpaired) electrons. The van der Waals surface area contributed by atoms with Crippen LogP contribution in [0.3, 0.4) is 0 Å². The van der Waals surface area contributed by atoms with Crippen LogP contribution in [0, 0.1) is 6.92 Å². The van der Waals surface area contributed by atoms with Gasteiger partial charge in [0.05, 0.1) is 6.42 Å². The molecule has 7 heteroatoms. The number of hydrogen-bond donors (Lipinski definition) is 1. The molecule has 1 N–H and O–H groups in total. The highest BCUT2D eigenvalue weighted by molar-refractivity contribution is 5.91. The molecule has 0 saturated carbocycles. The third kappa shape index (κ3) is 2.61. The lowest BCUT2D eigenvalue weighted by Gasteiger charge is -2.04. The number of nitrogens with one attached hydrogen (secondary N) is 1. The Kier molecular flexibility index (Phi) is 3.08. The van der Waals surface area contributed by atoms with E-state index in [2.05, 4.69) is 30.2 Å². The number of anilines is 1. The summed E-state index contributed by atoms with van der Waals surface area (Å²) in [6, 6.07) is 7.10. The van der Waals surface area contributed by atoms with Crippen molar-refractivity contribution in [1.82, 2.24) is 20.3 Å². The third-order valence-electron chi connectivity index (χ3n) is 2.73. The van der Waals surface area contributed by atoms with Gasteiger partial charge in [0, 0.05) is 11.9 Å². The molecule has 3 rings (SSSR count). The first-order valence-corrected chi connectivity index (χ1v) is 6.01. The molecule has 0 atom stereocenters. The predicted octanol–water partition coefficient (Wildman–Crippen LogP) is 1.50. The number of hydrogen-bond acceptors (Lipinski definition) is 6. The first kappa shape index (κ1) is 12.2. The topological polar surface area (TPSA) is 93.8 Å². The van der Waals surface area contributed by atoms with Crippen molar-refractivity contribution in [3.8, 4) is 0 Å². The standard InChI is InChI=1S/C13H11N5O2/c1-8-4-5-14-13(15-8)16-12(19)7-9-2-3-10-11(6-9)18-20-17-10/h2-6H,7H2,1H3,(H,14,15,16,19). The fraction of sp³-hybridized carbons (Fsp3) is 0.154. The Morgan fingerprint density at radius 1 is 1.25 bits per heavy atom. The molecule has 100 valence electrons. The summed E-state index contributed by atoms with van der Waals surface area (Å²) in [5.41, 5.74) is 2.90. The lowest BCUT2D eigenvalue weighted by molar-refractivity contribution is -0.115. The molecular weight excluding hydrogens is 258 g/mol. The van der Waals surface area contributed by atoms with Crippen molar-refractivity contribution < 1.29 is 9.42 Å². The van der Waals surface area contributed by atoms with Crippen LogP contribution in [-0.2, 0) is 11.2 Å². The molecule has 0 aliphatic carbocycles. The van der Waals surface area contributed by atoms with Gasteiger partial charge in [-0.1, -0.05) is 6.07 Å². The van der Waals surface area contributed by atoms with Gasteiger partial charge in [-0.3, -0.25) is 10.1 Å². The highest BCUT2D eigenvalue weighted by atomic mass is 16.6. The molecule has 2 aromatic heterocycles. The van der Waals surface area contributed by atoms with Crippen LogP contribution in [-0.4, -0.2) is 26.2 Å². The van der Waals surface area contributed by atoms with Crippen LogP contribution in [0.25, 0.3) is 11.0 Å². The van der Waals surface area contributed by atoms with Gasteiger partial charge in [0.25, 0.3) is 0 Å². The van der Waals surface area contributed by atoms with Crippen molar-refractivity contribution in [3.63, 3.8) is 0 Å². The van der Waals surface area contributed by atoms with Crippen molar-refractivity contribution in [2.45, 2.75) is 13.3 Å². The van der Waals surface area contributed by atoms with Crippen molar-refractivity contribution in [2.24, 2.45) is 0 Å². The Morgan fingerprint density at radius 2 is 2.10 bits per heavy atom. The van der Waals surface area contributed by atoms with E-state index in [4.69, 9.17) is 0 Å². The molecule has 3 aromatic rings. The number of benzene rings is 1. The van der Waals surface area contributed by atoms with E-state index in [1.165, 1.54) is 0 Å². The van der Waals surface area contributed by atoms with E-state index < -0.39 is 0 Å². The normalized spacial score (nSPS) is 10.7. The second-order valence-corrected chi connectivity index (χ2v) is 4.33. The fourth-order valence-electron chi connectivity index (χ4n) is 1.80. The summed E-state index contributed by atoms with van der Waals surface area (Å²) in [6.45, 7) is 1.84. The Labute approximate surface area is 114 Å². The second kappa shape index (κ2) is 5.04. The van der Waals surface area contributed by atoms with E-state index in [-0.39, 0.29) is 12.3 Å². The highest BCUT2D eigenvalue weighted by Crippen LogP contribution is 2.12. The van der Waals surface area contributed by atoms with Crippen LogP contribution < -0.4 is 5.32 Å². The average molecular weight is 269 g/mol. The monoisotopic (exact) mass is 269 g/mol. The largest absolute Gasteiger partial charge is 0.294 e. The molecule has 0 bridgehead atoms. The number of fused-ring (bicyclic) bond motifs is 1. The van der Waals surface area contributed by atoms with Gasteiger partial charge >= 0.3 is 0 Å². The zero-order valence-corrected chi connectivity index (χ0v) is 10.7. The van der Waals surface area contributed by atoms with Crippen LogP contribution >= 0.6 is 0 Å². The van der Waals surface area contributed by atoms with Crippen molar-refractivity contribution in [1.29, 1.82) is 0 Å². The molecule has 0 saturated heterocycles. The minimum absolute atomic E-state index is 0.189. The molecule has 20 heavy (non-hydrogen) atoms. The maximum Gasteiger partial charge on any atom is 0.231 e. The molecule has 1 aromatic carbocycles. The van der Waals surface area contributed by atoms with Gasteiger partial charge in [-0.2, -0.15) is 0 Å². The molecular formula is C13H11N5O2. The van der Waals surface area contributed by atoms with Crippen LogP contribution in [0.4, 0.5) is 5.95 Å². The number of carbonyl (C=O) groups excluding carboxylic acids is 1. The van der Waals surface area contributed by atoms with E-state index in [0.29, 0.717) is 17.0 Å². The second-order valence-electron chi connectivity index (χ2n) is 4.33. The first-order valence-electron chi connectivity index (χ1n) is 6.01. The maximum absolute atomic E-state index is 11.9. The van der Waals surface area contributed by atoms with Crippen molar-refractivity contribution in [2.75, 3.05) is 5.32 Å². The van der Waals surface area contributed by atoms with E-state index in [1.54, 1.807) is 24.4 Å². The molecule has 0 aliphatic rings. The lowest BCUT2D eigenvalue weighted by Crippen LogP contribution is -2.16. The van der Waals surface area contributed by atoms with Crippen LogP contribution in [0.15, 0.2) is 35.1 Å². The van der Waals surface area contributed by atoms with E-state index >= 15 is 0 Å². The van der Waals surface area contributed by atoms with Crippen molar-refractivity contribution >= 4 is 22.9 Å². The van der Waals surface area contributed by atoms with Gasteiger partial charge < -0.3 is 0 Å². The number of aryl methyl sites for hydroxylation is 1. The number of aromatic nitrogens is 4. The summed E-state index contributed by atoms with van der Waals surface area (Å²) < 4.78 is 4.61. The molecule has 0 unspecified atom stereocenters. The number of rotatable bonds is 3. The van der Waals surface area contributed by atoms with E-state index in [0.717, 1.165) is 11.3 Å². The zero-order valence-electron chi connectivity index (χ0n) is 10.7. The summed E-state index contributed by atoms with van der Waals surface area (Å²) in [6.07, 6.45) is 1.81. The molecule has 0 fully saturated rings. The van der Waals surface area contributed by atoms with Gasteiger partial charge in [-0.05, 0) is 41.0 Å².